The summed E-state index contributed by atoms with van der Waals surface area (Å²) in [4.78, 5) is 32.2. The molecule has 37 heavy (non-hydrogen) atoms. The molecule has 1 amide bonds. The summed E-state index contributed by atoms with van der Waals surface area (Å²) >= 11 is 5.99. The summed E-state index contributed by atoms with van der Waals surface area (Å²) in [6.07, 6.45) is 4.32. The van der Waals surface area contributed by atoms with Crippen molar-refractivity contribution < 1.29 is 23.4 Å². The van der Waals surface area contributed by atoms with E-state index in [1.54, 1.807) is 0 Å². The SMILES string of the molecule is CC(C)(C)OC(=O)N1[C@@H]2CC[C@H]1CN(c1nc(OCCN3C[C@@H]4C[C@H]3CO4)nc3c(F)c(Cl)ncc13)C2. The number of morpholine rings is 1. The van der Waals surface area contributed by atoms with Gasteiger partial charge < -0.3 is 19.1 Å². The van der Waals surface area contributed by atoms with Crippen LogP contribution in [0, 0.1) is 5.82 Å². The number of carbonyl (C=O) groups excluding carboxylic acids is 1. The number of likely N-dealkylation sites (tertiary alicyclic amines) is 1. The van der Waals surface area contributed by atoms with Crippen LogP contribution in [0.3, 0.4) is 0 Å². The largest absolute Gasteiger partial charge is 0.462 e. The number of aromatic nitrogens is 3. The Morgan fingerprint density at radius 2 is 1.95 bits per heavy atom. The summed E-state index contributed by atoms with van der Waals surface area (Å²) in [5.41, 5.74) is -0.483. The van der Waals surface area contributed by atoms with Crippen LogP contribution in [0.2, 0.25) is 5.15 Å². The van der Waals surface area contributed by atoms with E-state index in [9.17, 15) is 4.79 Å². The summed E-state index contributed by atoms with van der Waals surface area (Å²) < 4.78 is 32.3. The minimum atomic E-state index is -0.697. The van der Waals surface area contributed by atoms with E-state index in [0.717, 1.165) is 39.0 Å². The molecule has 0 saturated carbocycles. The summed E-state index contributed by atoms with van der Waals surface area (Å²) in [6, 6.07) is 0.480. The third-order valence-corrected chi connectivity index (χ3v) is 7.87. The second-order valence-electron chi connectivity index (χ2n) is 11.3. The quantitative estimate of drug-likeness (QED) is 0.536. The number of carbonyl (C=O) groups is 1. The van der Waals surface area contributed by atoms with Gasteiger partial charge in [0.25, 0.3) is 0 Å². The normalized spacial score (nSPS) is 27.4. The molecule has 10 nitrogen and oxygen atoms in total. The summed E-state index contributed by atoms with van der Waals surface area (Å²) in [7, 11) is 0. The molecule has 0 aromatic carbocycles. The summed E-state index contributed by atoms with van der Waals surface area (Å²) in [5.74, 6) is -0.158. The van der Waals surface area contributed by atoms with Gasteiger partial charge in [-0.05, 0) is 40.0 Å². The van der Waals surface area contributed by atoms with Gasteiger partial charge >= 0.3 is 12.1 Å². The third kappa shape index (κ3) is 4.77. The van der Waals surface area contributed by atoms with E-state index >= 15 is 4.39 Å². The van der Waals surface area contributed by atoms with Crippen molar-refractivity contribution in [3.05, 3.63) is 17.2 Å². The molecule has 2 aromatic rings. The Bertz CT molecular complexity index is 1200. The van der Waals surface area contributed by atoms with E-state index in [1.807, 2.05) is 25.7 Å². The van der Waals surface area contributed by atoms with Crippen molar-refractivity contribution in [3.63, 3.8) is 0 Å². The minimum Gasteiger partial charge on any atom is -0.462 e. The molecule has 4 saturated heterocycles. The second-order valence-corrected chi connectivity index (χ2v) is 11.7. The van der Waals surface area contributed by atoms with Crippen LogP contribution in [0.4, 0.5) is 15.0 Å². The van der Waals surface area contributed by atoms with Crippen LogP contribution < -0.4 is 9.64 Å². The highest BCUT2D eigenvalue weighted by molar-refractivity contribution is 6.30. The molecule has 12 heteroatoms. The van der Waals surface area contributed by atoms with Gasteiger partial charge in [-0.25, -0.2) is 14.2 Å². The molecule has 4 aliphatic rings. The highest BCUT2D eigenvalue weighted by Gasteiger charge is 2.45. The number of amides is 1. The molecule has 0 unspecified atom stereocenters. The predicted molar refractivity (Wildman–Crippen MR) is 135 cm³/mol. The number of pyridine rings is 1. The third-order valence-electron chi connectivity index (χ3n) is 7.61. The highest BCUT2D eigenvalue weighted by atomic mass is 35.5. The van der Waals surface area contributed by atoms with Gasteiger partial charge in [0, 0.05) is 38.4 Å². The van der Waals surface area contributed by atoms with Crippen LogP contribution in [0.5, 0.6) is 6.01 Å². The van der Waals surface area contributed by atoms with Gasteiger partial charge in [-0.15, -0.1) is 0 Å². The number of hydrogen-bond donors (Lipinski definition) is 0. The van der Waals surface area contributed by atoms with Crippen molar-refractivity contribution in [3.8, 4) is 6.01 Å². The maximum absolute atomic E-state index is 15.0. The molecule has 4 atom stereocenters. The van der Waals surface area contributed by atoms with Gasteiger partial charge in [-0.2, -0.15) is 9.97 Å². The first-order valence-corrected chi connectivity index (χ1v) is 13.3. The lowest BCUT2D eigenvalue weighted by atomic mass is 10.1. The van der Waals surface area contributed by atoms with Gasteiger partial charge in [-0.3, -0.25) is 9.80 Å². The maximum Gasteiger partial charge on any atom is 0.410 e. The average molecular weight is 535 g/mol. The van der Waals surface area contributed by atoms with Crippen molar-refractivity contribution >= 4 is 34.4 Å². The van der Waals surface area contributed by atoms with Crippen molar-refractivity contribution in [2.75, 3.05) is 44.3 Å². The predicted octanol–water partition coefficient (Wildman–Crippen LogP) is 3.26. The van der Waals surface area contributed by atoms with E-state index in [0.29, 0.717) is 43.0 Å². The average Bonchev–Trinajstić information content (AvgIpc) is 3.53. The molecular weight excluding hydrogens is 503 g/mol. The van der Waals surface area contributed by atoms with Gasteiger partial charge in [0.1, 0.15) is 23.5 Å². The lowest BCUT2D eigenvalue weighted by molar-refractivity contribution is 0.0122. The molecule has 2 aromatic heterocycles. The Kier molecular flexibility index (Phi) is 6.27. The van der Waals surface area contributed by atoms with Crippen LogP contribution in [0.15, 0.2) is 6.20 Å². The number of halogens is 2. The number of piperazine rings is 1. The number of fused-ring (bicyclic) bond motifs is 5. The second kappa shape index (κ2) is 9.36. The fraction of sp³-hybridized carbons (Fsp3) is 0.680. The molecule has 6 heterocycles. The van der Waals surface area contributed by atoms with E-state index < -0.39 is 11.4 Å². The fourth-order valence-electron chi connectivity index (χ4n) is 6.00. The molecule has 0 radical (unpaired) electrons. The van der Waals surface area contributed by atoms with Crippen LogP contribution in [-0.4, -0.2) is 100 Å². The first-order valence-electron chi connectivity index (χ1n) is 12.9. The molecule has 0 N–H and O–H groups in total. The summed E-state index contributed by atoms with van der Waals surface area (Å²) in [6.45, 7) is 9.45. The number of ether oxygens (including phenoxy) is 3. The Balaban J connectivity index is 1.23. The van der Waals surface area contributed by atoms with Crippen LogP contribution >= 0.6 is 11.6 Å². The van der Waals surface area contributed by atoms with Gasteiger partial charge in [0.05, 0.1) is 30.2 Å². The highest BCUT2D eigenvalue weighted by Crippen LogP contribution is 2.37. The van der Waals surface area contributed by atoms with Crippen molar-refractivity contribution in [2.24, 2.45) is 0 Å². The number of rotatable bonds is 5. The first kappa shape index (κ1) is 24.8. The van der Waals surface area contributed by atoms with E-state index in [1.165, 1.54) is 6.20 Å². The van der Waals surface area contributed by atoms with Crippen molar-refractivity contribution in [1.82, 2.24) is 24.8 Å². The zero-order chi connectivity index (χ0) is 25.9. The lowest BCUT2D eigenvalue weighted by Gasteiger charge is -2.42. The van der Waals surface area contributed by atoms with E-state index in [-0.39, 0.29) is 34.9 Å². The lowest BCUT2D eigenvalue weighted by Crippen LogP contribution is -2.57. The zero-order valence-corrected chi connectivity index (χ0v) is 22.1. The van der Waals surface area contributed by atoms with Crippen LogP contribution in [-0.2, 0) is 9.47 Å². The molecule has 4 aliphatic heterocycles. The first-order chi connectivity index (χ1) is 17.7. The molecule has 6 rings (SSSR count). The number of hydrogen-bond acceptors (Lipinski definition) is 9. The molecule has 4 bridgehead atoms. The Hall–Kier alpha value is -2.50. The topological polar surface area (TPSA) is 93.2 Å². The monoisotopic (exact) mass is 534 g/mol. The fourth-order valence-corrected chi connectivity index (χ4v) is 6.14. The smallest absolute Gasteiger partial charge is 0.410 e. The number of nitrogens with zero attached hydrogens (tertiary/aromatic N) is 6. The molecule has 4 fully saturated rings. The van der Waals surface area contributed by atoms with E-state index in [4.69, 9.17) is 30.8 Å². The Morgan fingerprint density at radius 3 is 2.59 bits per heavy atom. The van der Waals surface area contributed by atoms with Crippen molar-refractivity contribution in [1.29, 1.82) is 0 Å². The van der Waals surface area contributed by atoms with Crippen molar-refractivity contribution in [2.45, 2.75) is 69.9 Å². The van der Waals surface area contributed by atoms with Gasteiger partial charge in [0.15, 0.2) is 11.0 Å². The van der Waals surface area contributed by atoms with Gasteiger partial charge in [-0.1, -0.05) is 11.6 Å². The summed E-state index contributed by atoms with van der Waals surface area (Å²) in [5, 5.41) is 0.222. The van der Waals surface area contributed by atoms with Gasteiger partial charge in [0.2, 0.25) is 0 Å². The number of anilines is 1. The molecular formula is C25H32ClFN6O4. The zero-order valence-electron chi connectivity index (χ0n) is 21.3. The molecule has 200 valence electrons. The van der Waals surface area contributed by atoms with Crippen LogP contribution in [0.25, 0.3) is 10.9 Å². The standard InChI is InChI=1S/C25H32ClFN6O4/c1-25(2,3)37-24(34)33-14-4-5-15(33)11-32(10-14)22-18-9-28-21(26)19(27)20(18)29-23(30-22)35-7-6-31-12-17-8-16(31)13-36-17/h9,14-17H,4-8,10-13H2,1-3H3/t14-,15+,16-,17-/m0/s1. The Labute approximate surface area is 220 Å². The van der Waals surface area contributed by atoms with Crippen LogP contribution in [0.1, 0.15) is 40.0 Å². The molecule has 0 spiro atoms. The molecule has 0 aliphatic carbocycles. The Morgan fingerprint density at radius 1 is 1.19 bits per heavy atom. The van der Waals surface area contributed by atoms with E-state index in [2.05, 4.69) is 19.8 Å². The maximum atomic E-state index is 15.0. The minimum absolute atomic E-state index is 0.0269.